The van der Waals surface area contributed by atoms with Gasteiger partial charge in [-0.1, -0.05) is 32.9 Å². The number of benzene rings is 1. The Labute approximate surface area is 134 Å². The number of halogens is 1. The summed E-state index contributed by atoms with van der Waals surface area (Å²) < 4.78 is 6.16. The molecule has 118 valence electrons. The summed E-state index contributed by atoms with van der Waals surface area (Å²) in [4.78, 5) is 2.47. The first-order chi connectivity index (χ1) is 9.99. The topological polar surface area (TPSA) is 12.5 Å². The minimum absolute atomic E-state index is 0.196. The fourth-order valence-electron chi connectivity index (χ4n) is 2.82. The minimum atomic E-state index is 0.196. The Kier molecular flexibility index (Phi) is 5.95. The van der Waals surface area contributed by atoms with Gasteiger partial charge in [0.25, 0.3) is 0 Å². The molecule has 0 unspecified atom stereocenters. The zero-order valence-electron chi connectivity index (χ0n) is 13.6. The molecule has 0 N–H and O–H groups in total. The van der Waals surface area contributed by atoms with Crippen LogP contribution in [0.1, 0.15) is 45.6 Å². The van der Waals surface area contributed by atoms with Crippen LogP contribution in [0.4, 0.5) is 0 Å². The second-order valence-electron chi connectivity index (χ2n) is 7.00. The highest BCUT2D eigenvalue weighted by Gasteiger charge is 2.21. The third-order valence-electron chi connectivity index (χ3n) is 4.09. The molecule has 2 rings (SSSR count). The lowest BCUT2D eigenvalue weighted by Crippen LogP contribution is -2.41. The van der Waals surface area contributed by atoms with Gasteiger partial charge >= 0.3 is 0 Å². The maximum Gasteiger partial charge on any atom is 0.119 e. The first kappa shape index (κ1) is 16.6. The number of hydrogen-bond donors (Lipinski definition) is 0. The summed E-state index contributed by atoms with van der Waals surface area (Å²) in [6.45, 7) is 10.0. The van der Waals surface area contributed by atoms with Crippen molar-refractivity contribution in [3.63, 3.8) is 0 Å². The number of ether oxygens (including phenoxy) is 1. The molecule has 1 aromatic carbocycles. The monoisotopic (exact) mass is 309 g/mol. The van der Waals surface area contributed by atoms with E-state index in [0.717, 1.165) is 37.6 Å². The van der Waals surface area contributed by atoms with Crippen LogP contribution in [0.15, 0.2) is 24.3 Å². The Bertz CT molecular complexity index is 424. The molecule has 2 nitrogen and oxygen atoms in total. The number of piperidine rings is 1. The van der Waals surface area contributed by atoms with Crippen molar-refractivity contribution in [1.29, 1.82) is 0 Å². The van der Waals surface area contributed by atoms with E-state index in [1.54, 1.807) is 0 Å². The lowest BCUT2D eigenvalue weighted by molar-refractivity contribution is 0.0888. The molecule has 21 heavy (non-hydrogen) atoms. The molecule has 1 aromatic rings. The molecule has 0 spiro atoms. The van der Waals surface area contributed by atoms with Gasteiger partial charge in [-0.2, -0.15) is 0 Å². The lowest BCUT2D eigenvalue weighted by Gasteiger charge is -2.32. The third-order valence-corrected chi connectivity index (χ3v) is 4.36. The van der Waals surface area contributed by atoms with E-state index >= 15 is 0 Å². The van der Waals surface area contributed by atoms with Crippen LogP contribution in [0, 0.1) is 0 Å². The highest BCUT2D eigenvalue weighted by Crippen LogP contribution is 2.25. The van der Waals surface area contributed by atoms with E-state index in [9.17, 15) is 0 Å². The number of nitrogens with zero attached hydrogens (tertiary/aromatic N) is 1. The molecule has 0 radical (unpaired) electrons. The molecule has 0 saturated carbocycles. The summed E-state index contributed by atoms with van der Waals surface area (Å²) in [6.07, 6.45) is 3.74. The Morgan fingerprint density at radius 1 is 1.24 bits per heavy atom. The van der Waals surface area contributed by atoms with Crippen molar-refractivity contribution in [2.24, 2.45) is 0 Å². The van der Waals surface area contributed by atoms with Gasteiger partial charge in [0.15, 0.2) is 0 Å². The van der Waals surface area contributed by atoms with E-state index in [1.807, 2.05) is 0 Å². The van der Waals surface area contributed by atoms with Gasteiger partial charge in [-0.25, -0.2) is 0 Å². The predicted molar refractivity (Wildman–Crippen MR) is 90.6 cm³/mol. The molecule has 0 amide bonds. The summed E-state index contributed by atoms with van der Waals surface area (Å²) >= 11 is 5.78. The lowest BCUT2D eigenvalue weighted by atomic mass is 9.87. The van der Waals surface area contributed by atoms with Gasteiger partial charge in [-0.05, 0) is 55.5 Å². The fraction of sp³-hybridized carbons (Fsp3) is 0.667. The summed E-state index contributed by atoms with van der Waals surface area (Å²) in [7, 11) is 0. The second kappa shape index (κ2) is 7.51. The average molecular weight is 310 g/mol. The van der Waals surface area contributed by atoms with E-state index < -0.39 is 0 Å². The molecular formula is C18H28ClNO. The molecule has 1 heterocycles. The van der Waals surface area contributed by atoms with E-state index in [0.29, 0.717) is 6.10 Å². The standard InChI is InChI=1S/C18H28ClNO/c1-18(2,3)15-7-9-16(10-8-15)21-17-6-4-12-20(14-17)13-5-11-19/h7-10,17H,4-6,11-14H2,1-3H3/t17-/m1/s1. The Morgan fingerprint density at radius 3 is 2.57 bits per heavy atom. The van der Waals surface area contributed by atoms with Crippen molar-refractivity contribution in [1.82, 2.24) is 4.90 Å². The van der Waals surface area contributed by atoms with Crippen molar-refractivity contribution >= 4 is 11.6 Å². The van der Waals surface area contributed by atoms with Crippen LogP contribution >= 0.6 is 11.6 Å². The van der Waals surface area contributed by atoms with Crippen LogP contribution in [0.5, 0.6) is 5.75 Å². The summed E-state index contributed by atoms with van der Waals surface area (Å²) in [6, 6.07) is 8.59. The van der Waals surface area contributed by atoms with Crippen molar-refractivity contribution in [3.8, 4) is 5.75 Å². The second-order valence-corrected chi connectivity index (χ2v) is 7.38. The van der Waals surface area contributed by atoms with Gasteiger partial charge in [0.05, 0.1) is 0 Å². The highest BCUT2D eigenvalue weighted by molar-refractivity contribution is 6.17. The van der Waals surface area contributed by atoms with E-state index in [1.165, 1.54) is 18.5 Å². The maximum atomic E-state index is 6.16. The van der Waals surface area contributed by atoms with Gasteiger partial charge in [0.1, 0.15) is 11.9 Å². The van der Waals surface area contributed by atoms with Crippen LogP contribution in [0.25, 0.3) is 0 Å². The predicted octanol–water partition coefficient (Wildman–Crippen LogP) is 4.46. The van der Waals surface area contributed by atoms with Crippen molar-refractivity contribution < 1.29 is 4.74 Å². The molecule has 1 atom stereocenters. The van der Waals surface area contributed by atoms with E-state index in [-0.39, 0.29) is 5.41 Å². The van der Waals surface area contributed by atoms with Crippen molar-refractivity contribution in [3.05, 3.63) is 29.8 Å². The first-order valence-electron chi connectivity index (χ1n) is 8.04. The molecule has 1 fully saturated rings. The first-order valence-corrected chi connectivity index (χ1v) is 8.58. The van der Waals surface area contributed by atoms with Gasteiger partial charge in [-0.3, -0.25) is 4.90 Å². The summed E-state index contributed by atoms with van der Waals surface area (Å²) in [5.41, 5.74) is 1.55. The number of likely N-dealkylation sites (tertiary alicyclic amines) is 1. The van der Waals surface area contributed by atoms with Gasteiger partial charge < -0.3 is 4.74 Å². The molecule has 1 aliphatic rings. The zero-order chi connectivity index (χ0) is 15.3. The molecule has 1 aliphatic heterocycles. The fourth-order valence-corrected chi connectivity index (χ4v) is 2.94. The smallest absolute Gasteiger partial charge is 0.119 e. The molecule has 0 aliphatic carbocycles. The summed E-state index contributed by atoms with van der Waals surface area (Å²) in [5, 5.41) is 0. The van der Waals surface area contributed by atoms with Crippen molar-refractivity contribution in [2.75, 3.05) is 25.5 Å². The van der Waals surface area contributed by atoms with Gasteiger partial charge in [0.2, 0.25) is 0 Å². The quantitative estimate of drug-likeness (QED) is 0.745. The van der Waals surface area contributed by atoms with E-state index in [2.05, 4.69) is 49.9 Å². The average Bonchev–Trinajstić information content (AvgIpc) is 2.45. The Morgan fingerprint density at radius 2 is 1.95 bits per heavy atom. The molecule has 0 aromatic heterocycles. The Hall–Kier alpha value is -0.730. The summed E-state index contributed by atoms with van der Waals surface area (Å²) in [5.74, 6) is 1.74. The van der Waals surface area contributed by atoms with Crippen LogP contribution in [0.3, 0.4) is 0 Å². The molecule has 1 saturated heterocycles. The number of alkyl halides is 1. The highest BCUT2D eigenvalue weighted by atomic mass is 35.5. The normalized spacial score (nSPS) is 20.5. The molecule has 0 bridgehead atoms. The molecule has 3 heteroatoms. The van der Waals surface area contributed by atoms with Gasteiger partial charge in [0, 0.05) is 12.4 Å². The zero-order valence-corrected chi connectivity index (χ0v) is 14.3. The number of rotatable bonds is 5. The van der Waals surface area contributed by atoms with Crippen LogP contribution in [-0.2, 0) is 5.41 Å². The van der Waals surface area contributed by atoms with Crippen LogP contribution in [0.2, 0.25) is 0 Å². The maximum absolute atomic E-state index is 6.16. The van der Waals surface area contributed by atoms with Crippen molar-refractivity contribution in [2.45, 2.75) is 51.6 Å². The largest absolute Gasteiger partial charge is 0.489 e. The minimum Gasteiger partial charge on any atom is -0.489 e. The Balaban J connectivity index is 1.89. The third kappa shape index (κ3) is 5.19. The SMILES string of the molecule is CC(C)(C)c1ccc(O[C@@H]2CCCN(CCCCl)C2)cc1. The number of hydrogen-bond acceptors (Lipinski definition) is 2. The van der Waals surface area contributed by atoms with Gasteiger partial charge in [-0.15, -0.1) is 11.6 Å². The van der Waals surface area contributed by atoms with E-state index in [4.69, 9.17) is 16.3 Å². The molecular weight excluding hydrogens is 282 g/mol. The van der Waals surface area contributed by atoms with Crippen LogP contribution < -0.4 is 4.74 Å². The van der Waals surface area contributed by atoms with Crippen LogP contribution in [-0.4, -0.2) is 36.5 Å².